The summed E-state index contributed by atoms with van der Waals surface area (Å²) in [5, 5.41) is 4.30. The van der Waals surface area contributed by atoms with Crippen LogP contribution >= 0.6 is 0 Å². The maximum Gasteiger partial charge on any atom is 0.138 e. The van der Waals surface area contributed by atoms with Gasteiger partial charge < -0.3 is 0 Å². The number of aryl methyl sites for hydroxylation is 1. The van der Waals surface area contributed by atoms with Gasteiger partial charge in [-0.15, -0.1) is 0 Å². The molecule has 2 rings (SSSR count). The van der Waals surface area contributed by atoms with Crippen LogP contribution in [0.3, 0.4) is 0 Å². The van der Waals surface area contributed by atoms with Crippen molar-refractivity contribution < 1.29 is 0 Å². The van der Waals surface area contributed by atoms with Crippen LogP contribution in [0.4, 0.5) is 0 Å². The number of nitrogens with two attached hydrogens (primary N) is 1. The van der Waals surface area contributed by atoms with Crippen molar-refractivity contribution in [1.29, 1.82) is 0 Å². The van der Waals surface area contributed by atoms with Gasteiger partial charge in [0.1, 0.15) is 12.2 Å². The van der Waals surface area contributed by atoms with Gasteiger partial charge in [0.2, 0.25) is 0 Å². The summed E-state index contributed by atoms with van der Waals surface area (Å²) < 4.78 is 1.98. The molecule has 5 heteroatoms. The van der Waals surface area contributed by atoms with Crippen molar-refractivity contribution >= 4 is 0 Å². The van der Waals surface area contributed by atoms with Crippen molar-refractivity contribution in [3.63, 3.8) is 0 Å². The Hall–Kier alpha value is -1.72. The van der Waals surface area contributed by atoms with Crippen LogP contribution in [0.1, 0.15) is 31.7 Å². The number of benzene rings is 1. The molecule has 114 valence electrons. The minimum absolute atomic E-state index is 0.209. The molecule has 0 saturated heterocycles. The van der Waals surface area contributed by atoms with Gasteiger partial charge in [-0.3, -0.25) is 11.3 Å². The number of hydrogen-bond donors (Lipinski definition) is 2. The number of nitrogens with one attached hydrogen (secondary N) is 1. The van der Waals surface area contributed by atoms with Gasteiger partial charge in [0.15, 0.2) is 0 Å². The second-order valence-corrected chi connectivity index (χ2v) is 5.84. The summed E-state index contributed by atoms with van der Waals surface area (Å²) in [6, 6.07) is 10.7. The molecular formula is C16H25N5. The maximum absolute atomic E-state index is 5.70. The fraction of sp³-hybridized carbons (Fsp3) is 0.500. The zero-order valence-corrected chi connectivity index (χ0v) is 12.9. The molecule has 1 atom stereocenters. The quantitative estimate of drug-likeness (QED) is 0.575. The van der Waals surface area contributed by atoms with Crippen LogP contribution in [0, 0.1) is 5.92 Å². The standard InChI is InChI=1S/C16H25N5/c1-13(2)11-21-16(18-12-19-21)10-15(20-17)9-8-14-6-4-3-5-7-14/h3-7,12-13,15,20H,8-11,17H2,1-2H3. The molecule has 1 unspecified atom stereocenters. The van der Waals surface area contributed by atoms with E-state index in [2.05, 4.69) is 53.6 Å². The molecule has 0 amide bonds. The number of aromatic nitrogens is 3. The summed E-state index contributed by atoms with van der Waals surface area (Å²) in [6.07, 6.45) is 4.42. The highest BCUT2D eigenvalue weighted by Gasteiger charge is 2.13. The van der Waals surface area contributed by atoms with Gasteiger partial charge in [0, 0.05) is 19.0 Å². The fourth-order valence-corrected chi connectivity index (χ4v) is 2.39. The molecule has 1 aromatic carbocycles. The van der Waals surface area contributed by atoms with Crippen molar-refractivity contribution in [2.75, 3.05) is 0 Å². The van der Waals surface area contributed by atoms with Gasteiger partial charge >= 0.3 is 0 Å². The topological polar surface area (TPSA) is 68.8 Å². The molecule has 5 nitrogen and oxygen atoms in total. The van der Waals surface area contributed by atoms with Gasteiger partial charge in [-0.1, -0.05) is 44.2 Å². The zero-order chi connectivity index (χ0) is 15.1. The van der Waals surface area contributed by atoms with E-state index in [1.54, 1.807) is 6.33 Å². The van der Waals surface area contributed by atoms with Gasteiger partial charge in [0.25, 0.3) is 0 Å². The average molecular weight is 287 g/mol. The van der Waals surface area contributed by atoms with Crippen LogP contribution in [0.15, 0.2) is 36.7 Å². The Bertz CT molecular complexity index is 520. The lowest BCUT2D eigenvalue weighted by Gasteiger charge is -2.16. The van der Waals surface area contributed by atoms with Gasteiger partial charge in [-0.05, 0) is 24.3 Å². The van der Waals surface area contributed by atoms with Crippen LogP contribution in [-0.4, -0.2) is 20.8 Å². The molecule has 3 N–H and O–H groups in total. The van der Waals surface area contributed by atoms with Gasteiger partial charge in [0.05, 0.1) is 0 Å². The molecule has 1 heterocycles. The number of rotatable bonds is 8. The Balaban J connectivity index is 1.91. The average Bonchev–Trinajstić information content (AvgIpc) is 2.90. The number of hydrogen-bond acceptors (Lipinski definition) is 4. The summed E-state index contributed by atoms with van der Waals surface area (Å²) >= 11 is 0. The first-order valence-electron chi connectivity index (χ1n) is 7.55. The van der Waals surface area contributed by atoms with E-state index in [-0.39, 0.29) is 6.04 Å². The lowest BCUT2D eigenvalue weighted by molar-refractivity contribution is 0.432. The Labute approximate surface area is 126 Å². The second kappa shape index (κ2) is 7.90. The minimum Gasteiger partial charge on any atom is -0.271 e. The normalized spacial score (nSPS) is 12.8. The van der Waals surface area contributed by atoms with Crippen molar-refractivity contribution in [1.82, 2.24) is 20.2 Å². The predicted molar refractivity (Wildman–Crippen MR) is 84.4 cm³/mol. The molecule has 2 aromatic rings. The Kier molecular flexibility index (Phi) is 5.90. The van der Waals surface area contributed by atoms with E-state index >= 15 is 0 Å². The van der Waals surface area contributed by atoms with E-state index in [0.717, 1.165) is 31.6 Å². The molecule has 0 radical (unpaired) electrons. The van der Waals surface area contributed by atoms with Crippen molar-refractivity contribution in [3.05, 3.63) is 48.0 Å². The third-order valence-electron chi connectivity index (χ3n) is 3.52. The molecule has 1 aromatic heterocycles. The maximum atomic E-state index is 5.70. The molecule has 0 spiro atoms. The highest BCUT2D eigenvalue weighted by Crippen LogP contribution is 2.09. The van der Waals surface area contributed by atoms with Crippen LogP contribution < -0.4 is 11.3 Å². The first-order valence-corrected chi connectivity index (χ1v) is 7.55. The second-order valence-electron chi connectivity index (χ2n) is 5.84. The fourth-order valence-electron chi connectivity index (χ4n) is 2.39. The molecule has 0 saturated carbocycles. The van der Waals surface area contributed by atoms with Gasteiger partial charge in [-0.2, -0.15) is 5.10 Å². The lowest BCUT2D eigenvalue weighted by Crippen LogP contribution is -2.38. The van der Waals surface area contributed by atoms with Crippen LogP contribution in [-0.2, 0) is 19.4 Å². The first-order chi connectivity index (χ1) is 10.2. The third-order valence-corrected chi connectivity index (χ3v) is 3.52. The zero-order valence-electron chi connectivity index (χ0n) is 12.9. The Morgan fingerprint density at radius 2 is 2.00 bits per heavy atom. The monoisotopic (exact) mass is 287 g/mol. The van der Waals surface area contributed by atoms with Crippen molar-refractivity contribution in [2.45, 2.75) is 45.7 Å². The van der Waals surface area contributed by atoms with Gasteiger partial charge in [-0.25, -0.2) is 9.67 Å². The molecule has 0 fully saturated rings. The molecule has 0 bridgehead atoms. The molecule has 21 heavy (non-hydrogen) atoms. The summed E-state index contributed by atoms with van der Waals surface area (Å²) in [5.74, 6) is 7.25. The van der Waals surface area contributed by atoms with E-state index < -0.39 is 0 Å². The summed E-state index contributed by atoms with van der Waals surface area (Å²) in [7, 11) is 0. The van der Waals surface area contributed by atoms with Crippen molar-refractivity contribution in [3.8, 4) is 0 Å². The number of nitrogens with zero attached hydrogens (tertiary/aromatic N) is 3. The smallest absolute Gasteiger partial charge is 0.138 e. The molecular weight excluding hydrogens is 262 g/mol. The Morgan fingerprint density at radius 1 is 1.24 bits per heavy atom. The van der Waals surface area contributed by atoms with Crippen LogP contribution in [0.25, 0.3) is 0 Å². The van der Waals surface area contributed by atoms with Crippen LogP contribution in [0.5, 0.6) is 0 Å². The molecule has 0 aliphatic heterocycles. The largest absolute Gasteiger partial charge is 0.271 e. The van der Waals surface area contributed by atoms with Crippen molar-refractivity contribution in [2.24, 2.45) is 11.8 Å². The van der Waals surface area contributed by atoms with Crippen LogP contribution in [0.2, 0.25) is 0 Å². The van der Waals surface area contributed by atoms with E-state index in [0.29, 0.717) is 5.92 Å². The number of hydrazine groups is 1. The van der Waals surface area contributed by atoms with E-state index in [1.807, 2.05) is 10.7 Å². The highest BCUT2D eigenvalue weighted by atomic mass is 15.3. The van der Waals surface area contributed by atoms with E-state index in [1.165, 1.54) is 5.56 Å². The molecule has 0 aliphatic carbocycles. The first kappa shape index (κ1) is 15.7. The minimum atomic E-state index is 0.209. The van der Waals surface area contributed by atoms with E-state index in [4.69, 9.17) is 5.84 Å². The van der Waals surface area contributed by atoms with E-state index in [9.17, 15) is 0 Å². The molecule has 0 aliphatic rings. The summed E-state index contributed by atoms with van der Waals surface area (Å²) in [4.78, 5) is 4.37. The summed E-state index contributed by atoms with van der Waals surface area (Å²) in [5.41, 5.74) is 4.24. The Morgan fingerprint density at radius 3 is 2.67 bits per heavy atom. The summed E-state index contributed by atoms with van der Waals surface area (Å²) in [6.45, 7) is 5.25. The third kappa shape index (κ3) is 4.95. The highest BCUT2D eigenvalue weighted by molar-refractivity contribution is 5.14. The lowest BCUT2D eigenvalue weighted by atomic mass is 10.0. The SMILES string of the molecule is CC(C)Cn1ncnc1CC(CCc1ccccc1)NN. The predicted octanol–water partition coefficient (Wildman–Crippen LogP) is 1.94.